The van der Waals surface area contributed by atoms with Gasteiger partial charge in [-0.15, -0.1) is 0 Å². The summed E-state index contributed by atoms with van der Waals surface area (Å²) >= 11 is 0. The van der Waals surface area contributed by atoms with Gasteiger partial charge >= 0.3 is 11.9 Å². The second-order valence-corrected chi connectivity index (χ2v) is 6.66. The minimum Gasteiger partial charge on any atom is -0.481 e. The van der Waals surface area contributed by atoms with Crippen molar-refractivity contribution in [3.63, 3.8) is 0 Å². The number of methoxy groups -OCH3 is 1. The number of carboxylic acids is 1. The van der Waals surface area contributed by atoms with Crippen molar-refractivity contribution in [2.24, 2.45) is 0 Å². The molecule has 1 fully saturated rings. The van der Waals surface area contributed by atoms with Gasteiger partial charge in [-0.2, -0.15) is 0 Å². The number of carbonyl (C=O) groups is 2. The number of hydrogen-bond acceptors (Lipinski definition) is 3. The average Bonchev–Trinajstić information content (AvgIpc) is 2.68. The van der Waals surface area contributed by atoms with Crippen LogP contribution in [0.5, 0.6) is 0 Å². The largest absolute Gasteiger partial charge is 0.481 e. The van der Waals surface area contributed by atoms with E-state index in [-0.39, 0.29) is 11.9 Å². The van der Waals surface area contributed by atoms with Crippen LogP contribution in [0.4, 0.5) is 0 Å². The SMILES string of the molecule is COC(=O)c1ccc(C2CCCC(C(=O)O)(c3ccccc3)C2)cc1. The first-order valence-corrected chi connectivity index (χ1v) is 8.54. The molecule has 0 heterocycles. The number of esters is 1. The van der Waals surface area contributed by atoms with Crippen molar-refractivity contribution in [3.8, 4) is 0 Å². The zero-order valence-corrected chi connectivity index (χ0v) is 14.3. The summed E-state index contributed by atoms with van der Waals surface area (Å²) in [5.41, 5.74) is 1.62. The van der Waals surface area contributed by atoms with Crippen LogP contribution >= 0.6 is 0 Å². The average molecular weight is 338 g/mol. The van der Waals surface area contributed by atoms with E-state index in [4.69, 9.17) is 4.74 Å². The topological polar surface area (TPSA) is 63.6 Å². The molecule has 1 N–H and O–H groups in total. The van der Waals surface area contributed by atoms with Gasteiger partial charge in [-0.25, -0.2) is 4.79 Å². The first kappa shape index (κ1) is 17.2. The molecule has 0 bridgehead atoms. The first-order valence-electron chi connectivity index (χ1n) is 8.54. The molecule has 130 valence electrons. The molecule has 1 aliphatic rings. The lowest BCUT2D eigenvalue weighted by Gasteiger charge is -2.38. The van der Waals surface area contributed by atoms with E-state index in [0.29, 0.717) is 18.4 Å². The van der Waals surface area contributed by atoms with Gasteiger partial charge in [0.15, 0.2) is 0 Å². The van der Waals surface area contributed by atoms with Crippen LogP contribution in [-0.2, 0) is 14.9 Å². The van der Waals surface area contributed by atoms with E-state index < -0.39 is 11.4 Å². The van der Waals surface area contributed by atoms with E-state index in [1.165, 1.54) is 7.11 Å². The molecule has 4 heteroatoms. The van der Waals surface area contributed by atoms with Gasteiger partial charge in [0.1, 0.15) is 0 Å². The summed E-state index contributed by atoms with van der Waals surface area (Å²) in [5, 5.41) is 9.99. The Balaban J connectivity index is 1.89. The smallest absolute Gasteiger partial charge is 0.337 e. The molecule has 0 aliphatic heterocycles. The molecule has 1 saturated carbocycles. The van der Waals surface area contributed by atoms with E-state index in [0.717, 1.165) is 24.0 Å². The van der Waals surface area contributed by atoms with Gasteiger partial charge in [-0.05, 0) is 48.4 Å². The van der Waals surface area contributed by atoms with Gasteiger partial charge in [0, 0.05) is 0 Å². The molecule has 1 aliphatic carbocycles. The molecule has 0 amide bonds. The standard InChI is InChI=1S/C21H22O4/c1-25-19(22)16-11-9-15(10-12-16)17-6-5-13-21(14-17,20(23)24)18-7-3-2-4-8-18/h2-4,7-12,17H,5-6,13-14H2,1H3,(H,23,24). The number of benzene rings is 2. The summed E-state index contributed by atoms with van der Waals surface area (Å²) in [4.78, 5) is 23.8. The Morgan fingerprint density at radius 2 is 1.76 bits per heavy atom. The van der Waals surface area contributed by atoms with Crippen LogP contribution in [0.3, 0.4) is 0 Å². The summed E-state index contributed by atoms with van der Waals surface area (Å²) in [6.45, 7) is 0. The Morgan fingerprint density at radius 3 is 2.36 bits per heavy atom. The Morgan fingerprint density at radius 1 is 1.08 bits per heavy atom. The minimum absolute atomic E-state index is 0.164. The molecule has 25 heavy (non-hydrogen) atoms. The fourth-order valence-electron chi connectivity index (χ4n) is 3.91. The maximum absolute atomic E-state index is 12.2. The van der Waals surface area contributed by atoms with Gasteiger partial charge < -0.3 is 9.84 Å². The summed E-state index contributed by atoms with van der Waals surface area (Å²) in [6.07, 6.45) is 3.05. The molecule has 0 aromatic heterocycles. The van der Waals surface area contributed by atoms with Crippen LogP contribution in [0.15, 0.2) is 54.6 Å². The molecule has 0 saturated heterocycles. The highest BCUT2D eigenvalue weighted by molar-refractivity contribution is 5.89. The molecule has 0 spiro atoms. The number of hydrogen-bond donors (Lipinski definition) is 1. The maximum Gasteiger partial charge on any atom is 0.337 e. The molecule has 2 aromatic rings. The van der Waals surface area contributed by atoms with Crippen LogP contribution in [-0.4, -0.2) is 24.2 Å². The van der Waals surface area contributed by atoms with E-state index >= 15 is 0 Å². The van der Waals surface area contributed by atoms with Crippen molar-refractivity contribution in [2.45, 2.75) is 37.0 Å². The maximum atomic E-state index is 12.2. The predicted molar refractivity (Wildman–Crippen MR) is 94.7 cm³/mol. The lowest BCUT2D eigenvalue weighted by atomic mass is 9.64. The zero-order chi connectivity index (χ0) is 17.9. The highest BCUT2D eigenvalue weighted by Gasteiger charge is 2.44. The predicted octanol–water partition coefficient (Wildman–Crippen LogP) is 4.15. The number of rotatable bonds is 4. The second-order valence-electron chi connectivity index (χ2n) is 6.66. The van der Waals surface area contributed by atoms with Crippen molar-refractivity contribution in [1.82, 2.24) is 0 Å². The van der Waals surface area contributed by atoms with E-state index in [1.807, 2.05) is 42.5 Å². The van der Waals surface area contributed by atoms with Crippen LogP contribution in [0.2, 0.25) is 0 Å². The Kier molecular flexibility index (Phi) is 4.88. The van der Waals surface area contributed by atoms with E-state index in [9.17, 15) is 14.7 Å². The molecule has 4 nitrogen and oxygen atoms in total. The zero-order valence-electron chi connectivity index (χ0n) is 14.3. The number of carbonyl (C=O) groups excluding carboxylic acids is 1. The van der Waals surface area contributed by atoms with Gasteiger partial charge in [0.05, 0.1) is 18.1 Å². The number of carboxylic acid groups (broad SMARTS) is 1. The van der Waals surface area contributed by atoms with Crippen LogP contribution in [0, 0.1) is 0 Å². The second kappa shape index (κ2) is 7.09. The number of ether oxygens (including phenoxy) is 1. The van der Waals surface area contributed by atoms with Gasteiger partial charge in [-0.1, -0.05) is 48.9 Å². The van der Waals surface area contributed by atoms with Gasteiger partial charge in [-0.3, -0.25) is 4.79 Å². The lowest BCUT2D eigenvalue weighted by molar-refractivity contribution is -0.145. The third kappa shape index (κ3) is 3.29. The lowest BCUT2D eigenvalue weighted by Crippen LogP contribution is -2.40. The molecule has 2 aromatic carbocycles. The van der Waals surface area contributed by atoms with E-state index in [1.54, 1.807) is 12.1 Å². The Bertz CT molecular complexity index is 751. The highest BCUT2D eigenvalue weighted by Crippen LogP contribution is 2.46. The molecular formula is C21H22O4. The minimum atomic E-state index is -0.842. The summed E-state index contributed by atoms with van der Waals surface area (Å²) in [5.74, 6) is -0.953. The normalized spacial score (nSPS) is 23.0. The van der Waals surface area contributed by atoms with E-state index in [2.05, 4.69) is 0 Å². The molecule has 0 radical (unpaired) electrons. The first-order chi connectivity index (χ1) is 12.1. The highest BCUT2D eigenvalue weighted by atomic mass is 16.5. The number of aliphatic carboxylic acids is 1. The molecular weight excluding hydrogens is 316 g/mol. The van der Waals surface area contributed by atoms with Crippen LogP contribution in [0.25, 0.3) is 0 Å². The van der Waals surface area contributed by atoms with Crippen LogP contribution in [0.1, 0.15) is 53.1 Å². The van der Waals surface area contributed by atoms with Crippen LogP contribution < -0.4 is 0 Å². The van der Waals surface area contributed by atoms with Crippen molar-refractivity contribution >= 4 is 11.9 Å². The Hall–Kier alpha value is -2.62. The molecule has 2 unspecified atom stereocenters. The van der Waals surface area contributed by atoms with Gasteiger partial charge in [0.25, 0.3) is 0 Å². The summed E-state index contributed by atoms with van der Waals surface area (Å²) in [7, 11) is 1.36. The quantitative estimate of drug-likeness (QED) is 0.851. The Labute approximate surface area is 147 Å². The molecule has 2 atom stereocenters. The van der Waals surface area contributed by atoms with Crippen molar-refractivity contribution in [2.75, 3.05) is 7.11 Å². The monoisotopic (exact) mass is 338 g/mol. The summed E-state index contributed by atoms with van der Waals surface area (Å²) in [6, 6.07) is 16.9. The fourth-order valence-corrected chi connectivity index (χ4v) is 3.91. The van der Waals surface area contributed by atoms with Crippen molar-refractivity contribution in [3.05, 3.63) is 71.3 Å². The molecule has 3 rings (SSSR count). The van der Waals surface area contributed by atoms with Crippen molar-refractivity contribution in [1.29, 1.82) is 0 Å². The third-order valence-electron chi connectivity index (χ3n) is 5.29. The third-order valence-corrected chi connectivity index (χ3v) is 5.29. The summed E-state index contributed by atoms with van der Waals surface area (Å²) < 4.78 is 4.73. The van der Waals surface area contributed by atoms with Crippen molar-refractivity contribution < 1.29 is 19.4 Å². The fraction of sp³-hybridized carbons (Fsp3) is 0.333. The van der Waals surface area contributed by atoms with Gasteiger partial charge in [0.2, 0.25) is 0 Å².